The molecule has 0 aromatic rings. The SMILES string of the molecule is COC1C(OC(C)=O)CC(=O)OC(C)CC=CC=CC(O)C(C)CC(CC=O)C1OC1OC(C)C(OC2CC(C)(O)C(OC(=O)CCC(C)C)C(C)O2)C(N(C)C)C1O. The third-order valence-corrected chi connectivity index (χ3v) is 11.3. The van der Waals surface area contributed by atoms with Gasteiger partial charge in [-0.1, -0.05) is 45.1 Å². The predicted molar refractivity (Wildman–Crippen MR) is 214 cm³/mol. The van der Waals surface area contributed by atoms with E-state index >= 15 is 0 Å². The molecule has 0 aromatic carbocycles. The number of carbonyl (C=O) groups excluding carboxylic acids is 4. The van der Waals surface area contributed by atoms with Crippen molar-refractivity contribution in [1.82, 2.24) is 4.90 Å². The first-order valence-electron chi connectivity index (χ1n) is 20.9. The molecular formula is C43H71NO15. The minimum Gasteiger partial charge on any atom is -0.462 e. The van der Waals surface area contributed by atoms with E-state index in [1.165, 1.54) is 14.0 Å². The summed E-state index contributed by atoms with van der Waals surface area (Å²) in [7, 11) is 4.86. The molecule has 0 bridgehead atoms. The molecule has 59 heavy (non-hydrogen) atoms. The van der Waals surface area contributed by atoms with E-state index in [-0.39, 0.29) is 25.7 Å². The maximum absolute atomic E-state index is 13.3. The molecule has 16 nitrogen and oxygen atoms in total. The van der Waals surface area contributed by atoms with Gasteiger partial charge in [-0.3, -0.25) is 14.4 Å². The minimum atomic E-state index is -1.50. The summed E-state index contributed by atoms with van der Waals surface area (Å²) in [5.41, 5.74) is -1.50. The van der Waals surface area contributed by atoms with Crippen LogP contribution >= 0.6 is 0 Å². The van der Waals surface area contributed by atoms with Gasteiger partial charge in [0, 0.05) is 39.7 Å². The van der Waals surface area contributed by atoms with Crippen molar-refractivity contribution in [3.63, 3.8) is 0 Å². The van der Waals surface area contributed by atoms with Gasteiger partial charge in [-0.15, -0.1) is 0 Å². The summed E-state index contributed by atoms with van der Waals surface area (Å²) in [6, 6.07) is -0.782. The molecule has 3 aliphatic heterocycles. The highest BCUT2D eigenvalue weighted by atomic mass is 16.7. The van der Waals surface area contributed by atoms with Crippen molar-refractivity contribution in [2.75, 3.05) is 21.2 Å². The Morgan fingerprint density at radius 2 is 1.71 bits per heavy atom. The highest BCUT2D eigenvalue weighted by molar-refractivity contribution is 5.72. The van der Waals surface area contributed by atoms with E-state index in [1.54, 1.807) is 64.9 Å². The Kier molecular flexibility index (Phi) is 20.1. The van der Waals surface area contributed by atoms with Gasteiger partial charge in [0.25, 0.3) is 0 Å². The lowest BCUT2D eigenvalue weighted by molar-refractivity contribution is -0.344. The van der Waals surface area contributed by atoms with Crippen LogP contribution in [0.15, 0.2) is 24.3 Å². The van der Waals surface area contributed by atoms with Crippen LogP contribution in [0.25, 0.3) is 0 Å². The number of hydrogen-bond acceptors (Lipinski definition) is 16. The quantitative estimate of drug-likeness (QED) is 0.138. The van der Waals surface area contributed by atoms with Crippen LogP contribution in [0, 0.1) is 17.8 Å². The average molecular weight is 842 g/mol. The zero-order valence-corrected chi connectivity index (χ0v) is 36.8. The van der Waals surface area contributed by atoms with Crippen molar-refractivity contribution in [2.45, 2.75) is 186 Å². The monoisotopic (exact) mass is 841 g/mol. The van der Waals surface area contributed by atoms with E-state index in [4.69, 9.17) is 37.9 Å². The van der Waals surface area contributed by atoms with Gasteiger partial charge in [0.15, 0.2) is 18.7 Å². The fourth-order valence-electron chi connectivity index (χ4n) is 8.16. The van der Waals surface area contributed by atoms with Crippen molar-refractivity contribution in [3.05, 3.63) is 24.3 Å². The summed E-state index contributed by atoms with van der Waals surface area (Å²) >= 11 is 0. The molecule has 16 heteroatoms. The molecule has 0 amide bonds. The lowest BCUT2D eigenvalue weighted by Crippen LogP contribution is -2.66. The van der Waals surface area contributed by atoms with E-state index in [0.29, 0.717) is 25.0 Å². The summed E-state index contributed by atoms with van der Waals surface area (Å²) < 4.78 is 48.7. The molecular weight excluding hydrogens is 770 g/mol. The normalized spacial score (nSPS) is 39.1. The molecule has 16 atom stereocenters. The fourth-order valence-corrected chi connectivity index (χ4v) is 8.16. The lowest BCUT2D eigenvalue weighted by atomic mass is 9.82. The first-order valence-corrected chi connectivity index (χ1v) is 20.9. The maximum Gasteiger partial charge on any atom is 0.309 e. The number of cyclic esters (lactones) is 1. The van der Waals surface area contributed by atoms with Crippen LogP contribution < -0.4 is 0 Å². The molecule has 0 aromatic heterocycles. The Labute approximate surface area is 349 Å². The summed E-state index contributed by atoms with van der Waals surface area (Å²) in [5, 5.41) is 34.7. The second-order valence-corrected chi connectivity index (χ2v) is 17.3. The number of aliphatic hydroxyl groups is 3. The van der Waals surface area contributed by atoms with Gasteiger partial charge in [-0.2, -0.15) is 0 Å². The number of esters is 3. The third kappa shape index (κ3) is 15.0. The van der Waals surface area contributed by atoms with Gasteiger partial charge < -0.3 is 62.9 Å². The van der Waals surface area contributed by atoms with Crippen molar-refractivity contribution in [1.29, 1.82) is 0 Å². The van der Waals surface area contributed by atoms with Crippen molar-refractivity contribution in [3.8, 4) is 0 Å². The summed E-state index contributed by atoms with van der Waals surface area (Å²) in [4.78, 5) is 52.4. The standard InChI is InChI=1S/C43H71NO15/c1-24(2)17-18-33(48)57-41-28(6)54-35(23-43(41,8)51)58-38-27(5)55-42(37(50)36(38)44(9)10)59-39-30(19-20-45)21-25(3)31(47)16-14-12-13-15-26(4)53-34(49)22-32(40(39)52-11)56-29(7)46/h12-14,16,20,24-28,30-32,35-42,47,50-51H,15,17-19,21-23H2,1-11H3. The van der Waals surface area contributed by atoms with Crippen molar-refractivity contribution >= 4 is 24.2 Å². The number of rotatable bonds is 13. The maximum atomic E-state index is 13.3. The number of hydrogen-bond donors (Lipinski definition) is 3. The topological polar surface area (TPSA) is 206 Å². The second kappa shape index (κ2) is 23.4. The zero-order valence-electron chi connectivity index (χ0n) is 36.8. The van der Waals surface area contributed by atoms with Crippen molar-refractivity contribution < 1.29 is 72.4 Å². The van der Waals surface area contributed by atoms with E-state index in [1.807, 2.05) is 26.8 Å². The van der Waals surface area contributed by atoms with Crippen LogP contribution in [0.4, 0.5) is 0 Å². The molecule has 3 heterocycles. The number of nitrogens with zero attached hydrogens (tertiary/aromatic N) is 1. The fraction of sp³-hybridized carbons (Fsp3) is 0.814. The van der Waals surface area contributed by atoms with E-state index in [0.717, 1.165) is 0 Å². The van der Waals surface area contributed by atoms with Crippen LogP contribution in [-0.2, 0) is 57.1 Å². The van der Waals surface area contributed by atoms with Gasteiger partial charge in [0.1, 0.15) is 42.4 Å². The third-order valence-electron chi connectivity index (χ3n) is 11.3. The zero-order chi connectivity index (χ0) is 44.2. The highest BCUT2D eigenvalue weighted by Crippen LogP contribution is 2.38. The van der Waals surface area contributed by atoms with E-state index in [2.05, 4.69) is 0 Å². The number of likely N-dealkylation sites (N-methyl/N-ethyl adjacent to an activating group) is 1. The predicted octanol–water partition coefficient (Wildman–Crippen LogP) is 3.40. The number of carbonyl (C=O) groups is 4. The van der Waals surface area contributed by atoms with Crippen LogP contribution in [0.1, 0.15) is 100 Å². The number of aliphatic hydroxyl groups excluding tert-OH is 2. The molecule has 0 saturated carbocycles. The molecule has 0 spiro atoms. The molecule has 3 aliphatic rings. The summed E-state index contributed by atoms with van der Waals surface area (Å²) in [6.45, 7) is 13.8. The Bertz CT molecular complexity index is 1400. The highest BCUT2D eigenvalue weighted by Gasteiger charge is 2.53. The first-order chi connectivity index (χ1) is 27.7. The van der Waals surface area contributed by atoms with Gasteiger partial charge in [0.2, 0.25) is 0 Å². The Balaban J connectivity index is 1.96. The number of methoxy groups -OCH3 is 1. The van der Waals surface area contributed by atoms with Crippen LogP contribution in [-0.4, -0.2) is 151 Å². The molecule has 0 aliphatic carbocycles. The van der Waals surface area contributed by atoms with Gasteiger partial charge in [0.05, 0.1) is 36.9 Å². The van der Waals surface area contributed by atoms with Crippen LogP contribution in [0.2, 0.25) is 0 Å². The van der Waals surface area contributed by atoms with Crippen molar-refractivity contribution in [2.24, 2.45) is 17.8 Å². The number of aldehydes is 1. The van der Waals surface area contributed by atoms with Crippen LogP contribution in [0.3, 0.4) is 0 Å². The Hall–Kier alpha value is -2.80. The van der Waals surface area contributed by atoms with Crippen LogP contribution in [0.5, 0.6) is 0 Å². The molecule has 2 fully saturated rings. The minimum absolute atomic E-state index is 0.0436. The first kappa shape index (κ1) is 50.6. The molecule has 338 valence electrons. The average Bonchev–Trinajstić information content (AvgIpc) is 3.12. The Morgan fingerprint density at radius 1 is 1.02 bits per heavy atom. The number of ether oxygens (including phenoxy) is 8. The molecule has 16 unspecified atom stereocenters. The number of allylic oxidation sites excluding steroid dienone is 2. The lowest BCUT2D eigenvalue weighted by Gasteiger charge is -2.50. The molecule has 3 N–H and O–H groups in total. The summed E-state index contributed by atoms with van der Waals surface area (Å²) in [6.07, 6.45) is -3.42. The summed E-state index contributed by atoms with van der Waals surface area (Å²) in [5.74, 6) is -2.56. The van der Waals surface area contributed by atoms with E-state index < -0.39 is 121 Å². The molecule has 3 rings (SSSR count). The van der Waals surface area contributed by atoms with Gasteiger partial charge in [-0.05, 0) is 72.4 Å². The smallest absolute Gasteiger partial charge is 0.309 e. The van der Waals surface area contributed by atoms with Gasteiger partial charge >= 0.3 is 17.9 Å². The largest absolute Gasteiger partial charge is 0.462 e. The molecule has 0 radical (unpaired) electrons. The van der Waals surface area contributed by atoms with E-state index in [9.17, 15) is 34.5 Å². The second-order valence-electron chi connectivity index (χ2n) is 17.3. The Morgan fingerprint density at radius 3 is 2.31 bits per heavy atom. The van der Waals surface area contributed by atoms with Gasteiger partial charge in [-0.25, -0.2) is 0 Å². The molecule has 2 saturated heterocycles.